The average molecular weight is 261 g/mol. The number of rotatable bonds is 2. The van der Waals surface area contributed by atoms with Crippen molar-refractivity contribution in [3.63, 3.8) is 0 Å². The van der Waals surface area contributed by atoms with E-state index in [4.69, 9.17) is 4.74 Å². The summed E-state index contributed by atoms with van der Waals surface area (Å²) in [5, 5.41) is 13.1. The zero-order chi connectivity index (χ0) is 13.4. The number of ether oxygens (including phenoxy) is 1. The molecule has 0 bridgehead atoms. The maximum atomic E-state index is 12.3. The molecule has 19 heavy (non-hydrogen) atoms. The summed E-state index contributed by atoms with van der Waals surface area (Å²) in [6, 6.07) is 7.60. The Bertz CT molecular complexity index is 488. The summed E-state index contributed by atoms with van der Waals surface area (Å²) in [7, 11) is 0. The van der Waals surface area contributed by atoms with Gasteiger partial charge in [-0.3, -0.25) is 4.79 Å². The number of aliphatic hydroxyl groups is 1. The van der Waals surface area contributed by atoms with Crippen LogP contribution in [0.2, 0.25) is 0 Å². The van der Waals surface area contributed by atoms with Crippen LogP contribution < -0.4 is 5.32 Å². The molecule has 1 saturated heterocycles. The lowest BCUT2D eigenvalue weighted by Crippen LogP contribution is -2.39. The second kappa shape index (κ2) is 4.94. The van der Waals surface area contributed by atoms with Crippen LogP contribution in [-0.4, -0.2) is 29.8 Å². The van der Waals surface area contributed by atoms with Gasteiger partial charge in [0.2, 0.25) is 5.91 Å². The SMILES string of the molecule is CC1OCCC1C(=O)N[C@H]1c2ccccc2C[C@H]1O. The van der Waals surface area contributed by atoms with Crippen LogP contribution in [0.4, 0.5) is 0 Å². The van der Waals surface area contributed by atoms with Crippen molar-refractivity contribution in [1.29, 1.82) is 0 Å². The normalized spacial score (nSPS) is 33.2. The van der Waals surface area contributed by atoms with E-state index in [0.29, 0.717) is 13.0 Å². The monoisotopic (exact) mass is 261 g/mol. The fraction of sp³-hybridized carbons (Fsp3) is 0.533. The molecule has 1 aliphatic heterocycles. The lowest BCUT2D eigenvalue weighted by molar-refractivity contribution is -0.127. The molecule has 0 saturated carbocycles. The smallest absolute Gasteiger partial charge is 0.226 e. The van der Waals surface area contributed by atoms with Crippen LogP contribution in [0.1, 0.15) is 30.5 Å². The third kappa shape index (κ3) is 2.26. The highest BCUT2D eigenvalue weighted by Gasteiger charge is 2.36. The van der Waals surface area contributed by atoms with Crippen LogP contribution in [0.25, 0.3) is 0 Å². The minimum atomic E-state index is -0.529. The Labute approximate surface area is 112 Å². The minimum Gasteiger partial charge on any atom is -0.390 e. The first kappa shape index (κ1) is 12.6. The van der Waals surface area contributed by atoms with Crippen LogP contribution in [-0.2, 0) is 16.0 Å². The Hall–Kier alpha value is -1.39. The molecule has 1 amide bonds. The van der Waals surface area contributed by atoms with E-state index in [9.17, 15) is 9.90 Å². The molecule has 2 aliphatic rings. The number of hydrogen-bond acceptors (Lipinski definition) is 3. The molecule has 0 radical (unpaired) electrons. The van der Waals surface area contributed by atoms with E-state index >= 15 is 0 Å². The van der Waals surface area contributed by atoms with Gasteiger partial charge < -0.3 is 15.2 Å². The summed E-state index contributed by atoms with van der Waals surface area (Å²) < 4.78 is 5.42. The number of nitrogens with one attached hydrogen (secondary N) is 1. The molecule has 102 valence electrons. The van der Waals surface area contributed by atoms with Gasteiger partial charge in [-0.1, -0.05) is 24.3 Å². The predicted octanol–water partition coefficient (Wildman–Crippen LogP) is 1.19. The van der Waals surface area contributed by atoms with Gasteiger partial charge in [-0.2, -0.15) is 0 Å². The molecule has 0 aromatic heterocycles. The minimum absolute atomic E-state index is 0.00856. The van der Waals surface area contributed by atoms with Crippen molar-refractivity contribution < 1.29 is 14.6 Å². The summed E-state index contributed by atoms with van der Waals surface area (Å²) in [5.41, 5.74) is 2.16. The molecule has 4 nitrogen and oxygen atoms in total. The van der Waals surface area contributed by atoms with Crippen LogP contribution in [0.3, 0.4) is 0 Å². The summed E-state index contributed by atoms with van der Waals surface area (Å²) >= 11 is 0. The molecule has 4 atom stereocenters. The quantitative estimate of drug-likeness (QED) is 0.840. The van der Waals surface area contributed by atoms with Crippen LogP contribution in [0, 0.1) is 5.92 Å². The van der Waals surface area contributed by atoms with Crippen LogP contribution >= 0.6 is 0 Å². The van der Waals surface area contributed by atoms with E-state index in [2.05, 4.69) is 5.32 Å². The van der Waals surface area contributed by atoms with Gasteiger partial charge in [0, 0.05) is 13.0 Å². The zero-order valence-electron chi connectivity index (χ0n) is 11.0. The van der Waals surface area contributed by atoms with E-state index in [1.165, 1.54) is 0 Å². The predicted molar refractivity (Wildman–Crippen MR) is 70.6 cm³/mol. The lowest BCUT2D eigenvalue weighted by atomic mass is 10.00. The Morgan fingerprint density at radius 1 is 1.42 bits per heavy atom. The largest absolute Gasteiger partial charge is 0.390 e. The van der Waals surface area contributed by atoms with Crippen molar-refractivity contribution in [3.8, 4) is 0 Å². The van der Waals surface area contributed by atoms with Gasteiger partial charge in [0.1, 0.15) is 0 Å². The Balaban J connectivity index is 1.75. The van der Waals surface area contributed by atoms with Gasteiger partial charge in [-0.25, -0.2) is 0 Å². The molecular weight excluding hydrogens is 242 g/mol. The molecule has 4 heteroatoms. The molecule has 1 aromatic rings. The number of fused-ring (bicyclic) bond motifs is 1. The van der Waals surface area contributed by atoms with Crippen molar-refractivity contribution in [2.45, 2.75) is 38.0 Å². The van der Waals surface area contributed by atoms with Gasteiger partial charge in [-0.05, 0) is 24.5 Å². The summed E-state index contributed by atoms with van der Waals surface area (Å²) in [6.07, 6.45) is 0.808. The van der Waals surface area contributed by atoms with Gasteiger partial charge in [-0.15, -0.1) is 0 Å². The Morgan fingerprint density at radius 3 is 2.95 bits per heavy atom. The standard InChI is InChI=1S/C15H19NO3/c1-9-11(6-7-19-9)15(18)16-14-12-5-3-2-4-10(12)8-13(14)17/h2-5,9,11,13-14,17H,6-8H2,1H3,(H,16,18)/t9?,11?,13-,14+/m1/s1. The lowest BCUT2D eigenvalue weighted by Gasteiger charge is -2.21. The van der Waals surface area contributed by atoms with Crippen LogP contribution in [0.5, 0.6) is 0 Å². The summed E-state index contributed by atoms with van der Waals surface area (Å²) in [4.78, 5) is 12.3. The second-order valence-corrected chi connectivity index (χ2v) is 5.43. The van der Waals surface area contributed by atoms with Crippen LogP contribution in [0.15, 0.2) is 24.3 Å². The fourth-order valence-electron chi connectivity index (χ4n) is 3.08. The number of hydrogen-bond donors (Lipinski definition) is 2. The highest BCUT2D eigenvalue weighted by atomic mass is 16.5. The fourth-order valence-corrected chi connectivity index (χ4v) is 3.08. The van der Waals surface area contributed by atoms with Gasteiger partial charge >= 0.3 is 0 Å². The molecule has 0 spiro atoms. The second-order valence-electron chi connectivity index (χ2n) is 5.43. The van der Waals surface area contributed by atoms with E-state index in [0.717, 1.165) is 17.5 Å². The van der Waals surface area contributed by atoms with Crippen molar-refractivity contribution in [2.24, 2.45) is 5.92 Å². The zero-order valence-corrected chi connectivity index (χ0v) is 11.0. The number of amides is 1. The molecule has 2 N–H and O–H groups in total. The topological polar surface area (TPSA) is 58.6 Å². The molecule has 1 aromatic carbocycles. The maximum Gasteiger partial charge on any atom is 0.226 e. The summed E-state index contributed by atoms with van der Waals surface area (Å²) in [6.45, 7) is 2.57. The van der Waals surface area contributed by atoms with E-state index in [-0.39, 0.29) is 24.0 Å². The van der Waals surface area contributed by atoms with E-state index < -0.39 is 6.10 Å². The van der Waals surface area contributed by atoms with Gasteiger partial charge in [0.15, 0.2) is 0 Å². The van der Waals surface area contributed by atoms with Crippen molar-refractivity contribution in [2.75, 3.05) is 6.61 Å². The Morgan fingerprint density at radius 2 is 2.21 bits per heavy atom. The highest BCUT2D eigenvalue weighted by Crippen LogP contribution is 2.32. The number of aliphatic hydroxyl groups excluding tert-OH is 1. The third-order valence-electron chi connectivity index (χ3n) is 4.21. The number of benzene rings is 1. The van der Waals surface area contributed by atoms with Crippen molar-refractivity contribution in [3.05, 3.63) is 35.4 Å². The molecule has 3 rings (SSSR count). The van der Waals surface area contributed by atoms with Crippen molar-refractivity contribution in [1.82, 2.24) is 5.32 Å². The molecule has 2 unspecified atom stereocenters. The molecule has 1 heterocycles. The van der Waals surface area contributed by atoms with Crippen molar-refractivity contribution >= 4 is 5.91 Å². The molecule has 1 aliphatic carbocycles. The third-order valence-corrected chi connectivity index (χ3v) is 4.21. The summed E-state index contributed by atoms with van der Waals surface area (Å²) in [5.74, 6) is -0.106. The van der Waals surface area contributed by atoms with Gasteiger partial charge in [0.25, 0.3) is 0 Å². The Kier molecular flexibility index (Phi) is 3.29. The first-order chi connectivity index (χ1) is 9.16. The molecular formula is C15H19NO3. The highest BCUT2D eigenvalue weighted by molar-refractivity contribution is 5.80. The van der Waals surface area contributed by atoms with E-state index in [1.54, 1.807) is 0 Å². The first-order valence-electron chi connectivity index (χ1n) is 6.84. The van der Waals surface area contributed by atoms with E-state index in [1.807, 2.05) is 31.2 Å². The first-order valence-corrected chi connectivity index (χ1v) is 6.84. The number of carbonyl (C=O) groups excluding carboxylic acids is 1. The number of carbonyl (C=O) groups is 1. The average Bonchev–Trinajstić information content (AvgIpc) is 2.94. The van der Waals surface area contributed by atoms with Gasteiger partial charge in [0.05, 0.1) is 24.2 Å². The maximum absolute atomic E-state index is 12.3. The molecule has 1 fully saturated rings.